The Morgan fingerprint density at radius 1 is 1.36 bits per heavy atom. The lowest BCUT2D eigenvalue weighted by Gasteiger charge is -2.12. The number of hydrogen-bond donors (Lipinski definition) is 0. The Balaban J connectivity index is 2.59. The van der Waals surface area contributed by atoms with Crippen molar-refractivity contribution in [3.05, 3.63) is 47.1 Å². The lowest BCUT2D eigenvalue weighted by Crippen LogP contribution is -1.92. The van der Waals surface area contributed by atoms with Crippen LogP contribution in [0, 0.1) is 6.92 Å². The van der Waals surface area contributed by atoms with Gasteiger partial charge in [-0.05, 0) is 43.2 Å². The van der Waals surface area contributed by atoms with Gasteiger partial charge in [0.2, 0.25) is 0 Å². The van der Waals surface area contributed by atoms with Crippen LogP contribution in [0.15, 0.2) is 41.0 Å². The number of benzene rings is 1. The highest BCUT2D eigenvalue weighted by Crippen LogP contribution is 2.36. The van der Waals surface area contributed by atoms with Crippen molar-refractivity contribution in [3.8, 4) is 11.1 Å². The van der Waals surface area contributed by atoms with Crippen molar-refractivity contribution < 1.29 is 0 Å². The molecule has 4 heteroatoms. The average molecular weight is 313 g/mol. The fraction of sp³-hybridized carbons (Fsp3) is 0.333. The number of hydrogen-bond acceptors (Lipinski definition) is 3. The first-order valence-electron chi connectivity index (χ1n) is 7.42. The van der Waals surface area contributed by atoms with E-state index in [1.54, 1.807) is 11.8 Å². The molecule has 3 nitrogen and oxygen atoms in total. The number of allylic oxidation sites excluding steroid dienone is 1. The van der Waals surface area contributed by atoms with E-state index in [9.17, 15) is 0 Å². The van der Waals surface area contributed by atoms with Crippen LogP contribution in [0.1, 0.15) is 31.9 Å². The number of aromatic nitrogens is 2. The zero-order valence-corrected chi connectivity index (χ0v) is 14.8. The Morgan fingerprint density at radius 2 is 2.09 bits per heavy atom. The van der Waals surface area contributed by atoms with Crippen LogP contribution in [-0.2, 0) is 13.5 Å². The van der Waals surface area contributed by atoms with E-state index < -0.39 is 0 Å². The van der Waals surface area contributed by atoms with Gasteiger partial charge in [0.25, 0.3) is 0 Å². The summed E-state index contributed by atoms with van der Waals surface area (Å²) in [6.07, 6.45) is 4.93. The molecule has 0 radical (unpaired) electrons. The van der Waals surface area contributed by atoms with Crippen molar-refractivity contribution in [3.63, 3.8) is 0 Å². The summed E-state index contributed by atoms with van der Waals surface area (Å²) in [7, 11) is 1.93. The third-order valence-electron chi connectivity index (χ3n) is 3.53. The standard InChI is InChI=1S/C18H23N3S/c1-7-15-8-9-17(16-10-19-21(6)11-16)18(13(15)4)20-14(5)22-12(2)3/h8-11H,2,7H2,1,3-6H3/b20-14+. The summed E-state index contributed by atoms with van der Waals surface area (Å²) in [6.45, 7) is 12.3. The van der Waals surface area contributed by atoms with E-state index in [0.29, 0.717) is 0 Å². The second-order valence-electron chi connectivity index (χ2n) is 5.44. The van der Waals surface area contributed by atoms with Gasteiger partial charge in [0.15, 0.2) is 0 Å². The van der Waals surface area contributed by atoms with Gasteiger partial charge in [-0.15, -0.1) is 0 Å². The summed E-state index contributed by atoms with van der Waals surface area (Å²) in [5.74, 6) is 0. The molecule has 0 bridgehead atoms. The number of thioether (sulfide) groups is 1. The van der Waals surface area contributed by atoms with E-state index in [2.05, 4.69) is 37.7 Å². The van der Waals surface area contributed by atoms with Crippen LogP contribution in [0.25, 0.3) is 11.1 Å². The van der Waals surface area contributed by atoms with Gasteiger partial charge in [-0.3, -0.25) is 4.68 Å². The number of rotatable bonds is 4. The van der Waals surface area contributed by atoms with Crippen LogP contribution in [-0.4, -0.2) is 14.8 Å². The molecule has 0 fully saturated rings. The molecule has 0 amide bonds. The molecular formula is C18H23N3S. The highest BCUT2D eigenvalue weighted by molar-refractivity contribution is 8.17. The lowest BCUT2D eigenvalue weighted by atomic mass is 9.97. The van der Waals surface area contributed by atoms with Gasteiger partial charge in [0, 0.05) is 24.4 Å². The zero-order chi connectivity index (χ0) is 16.3. The minimum atomic E-state index is 1.01. The molecule has 2 rings (SSSR count). The Kier molecular flexibility index (Phi) is 5.24. The normalized spacial score (nSPS) is 11.8. The fourth-order valence-corrected chi connectivity index (χ4v) is 3.14. The zero-order valence-electron chi connectivity index (χ0n) is 14.0. The summed E-state index contributed by atoms with van der Waals surface area (Å²) in [5.41, 5.74) is 5.84. The van der Waals surface area contributed by atoms with Gasteiger partial charge < -0.3 is 0 Å². The largest absolute Gasteiger partial charge is 0.275 e. The predicted octanol–water partition coefficient (Wildman–Crippen LogP) is 5.27. The molecule has 0 N–H and O–H groups in total. The fourth-order valence-electron chi connectivity index (χ4n) is 2.49. The van der Waals surface area contributed by atoms with Gasteiger partial charge in [-0.25, -0.2) is 4.99 Å². The molecule has 2 aromatic rings. The Hall–Kier alpha value is -1.81. The summed E-state index contributed by atoms with van der Waals surface area (Å²) < 4.78 is 1.82. The molecule has 1 aromatic carbocycles. The molecule has 0 aliphatic heterocycles. The van der Waals surface area contributed by atoms with Crippen molar-refractivity contribution in [2.75, 3.05) is 0 Å². The first-order chi connectivity index (χ1) is 10.4. The van der Waals surface area contributed by atoms with E-state index >= 15 is 0 Å². The second-order valence-corrected chi connectivity index (χ2v) is 6.93. The van der Waals surface area contributed by atoms with Crippen molar-refractivity contribution >= 4 is 22.5 Å². The molecule has 22 heavy (non-hydrogen) atoms. The SMILES string of the molecule is C=C(C)S/C(C)=N/c1c(-c2cnn(C)c2)ccc(CC)c1C. The second kappa shape index (κ2) is 6.97. The van der Waals surface area contributed by atoms with Crippen LogP contribution in [0.4, 0.5) is 5.69 Å². The molecule has 0 unspecified atom stereocenters. The molecule has 1 aromatic heterocycles. The van der Waals surface area contributed by atoms with Gasteiger partial charge in [-0.2, -0.15) is 5.10 Å². The Bertz CT molecular complexity index is 726. The topological polar surface area (TPSA) is 30.2 Å². The molecule has 0 saturated carbocycles. The van der Waals surface area contributed by atoms with E-state index in [1.165, 1.54) is 11.1 Å². The molecule has 0 spiro atoms. The molecule has 0 saturated heterocycles. The average Bonchev–Trinajstić information content (AvgIpc) is 2.86. The Morgan fingerprint density at radius 3 is 2.64 bits per heavy atom. The number of aliphatic imine (C=N–C) groups is 1. The van der Waals surface area contributed by atoms with E-state index in [-0.39, 0.29) is 0 Å². The van der Waals surface area contributed by atoms with Crippen LogP contribution in [0.2, 0.25) is 0 Å². The number of aryl methyl sites for hydroxylation is 2. The Labute approximate surface area is 137 Å². The smallest absolute Gasteiger partial charge is 0.0752 e. The first kappa shape index (κ1) is 16.6. The van der Waals surface area contributed by atoms with Crippen LogP contribution >= 0.6 is 11.8 Å². The maximum atomic E-state index is 4.87. The third kappa shape index (κ3) is 3.69. The van der Waals surface area contributed by atoms with Crippen molar-refractivity contribution in [2.45, 2.75) is 34.1 Å². The van der Waals surface area contributed by atoms with Gasteiger partial charge >= 0.3 is 0 Å². The molecular weight excluding hydrogens is 290 g/mol. The van der Waals surface area contributed by atoms with Crippen molar-refractivity contribution in [2.24, 2.45) is 12.0 Å². The van der Waals surface area contributed by atoms with Gasteiger partial charge in [0.05, 0.1) is 16.9 Å². The monoisotopic (exact) mass is 313 g/mol. The predicted molar refractivity (Wildman–Crippen MR) is 97.9 cm³/mol. The van der Waals surface area contributed by atoms with Crippen LogP contribution in [0.5, 0.6) is 0 Å². The van der Waals surface area contributed by atoms with Gasteiger partial charge in [-0.1, -0.05) is 37.4 Å². The maximum Gasteiger partial charge on any atom is 0.0752 e. The summed E-state index contributed by atoms with van der Waals surface area (Å²) >= 11 is 1.62. The molecule has 1 heterocycles. The van der Waals surface area contributed by atoms with E-state index in [0.717, 1.165) is 33.2 Å². The van der Waals surface area contributed by atoms with Crippen molar-refractivity contribution in [1.82, 2.24) is 9.78 Å². The molecule has 116 valence electrons. The van der Waals surface area contributed by atoms with Crippen LogP contribution < -0.4 is 0 Å². The summed E-state index contributed by atoms with van der Waals surface area (Å²) in [4.78, 5) is 5.92. The number of nitrogens with zero attached hydrogens (tertiary/aromatic N) is 3. The lowest BCUT2D eigenvalue weighted by molar-refractivity contribution is 0.768. The minimum Gasteiger partial charge on any atom is -0.275 e. The highest BCUT2D eigenvalue weighted by atomic mass is 32.2. The van der Waals surface area contributed by atoms with Gasteiger partial charge in [0.1, 0.15) is 0 Å². The summed E-state index contributed by atoms with van der Waals surface area (Å²) in [5, 5.41) is 5.29. The molecule has 0 aliphatic rings. The highest BCUT2D eigenvalue weighted by Gasteiger charge is 2.12. The van der Waals surface area contributed by atoms with E-state index in [4.69, 9.17) is 4.99 Å². The van der Waals surface area contributed by atoms with Crippen LogP contribution in [0.3, 0.4) is 0 Å². The molecule has 0 aliphatic carbocycles. The van der Waals surface area contributed by atoms with Crippen molar-refractivity contribution in [1.29, 1.82) is 0 Å². The maximum absolute atomic E-state index is 4.87. The quantitative estimate of drug-likeness (QED) is 0.568. The first-order valence-corrected chi connectivity index (χ1v) is 8.24. The summed E-state index contributed by atoms with van der Waals surface area (Å²) in [6, 6.07) is 4.35. The minimum absolute atomic E-state index is 1.01. The molecule has 0 atom stereocenters. The van der Waals surface area contributed by atoms with E-state index in [1.807, 2.05) is 38.0 Å². The third-order valence-corrected chi connectivity index (χ3v) is 4.27.